The molecule has 0 aromatic heterocycles. The molecule has 4 nitrogen and oxygen atoms in total. The highest BCUT2D eigenvalue weighted by Gasteiger charge is 2.15. The molecule has 4 heteroatoms. The summed E-state index contributed by atoms with van der Waals surface area (Å²) in [4.78, 5) is 4.46. The van der Waals surface area contributed by atoms with Crippen LogP contribution in [0.3, 0.4) is 0 Å². The van der Waals surface area contributed by atoms with Crippen molar-refractivity contribution in [1.82, 2.24) is 0 Å². The summed E-state index contributed by atoms with van der Waals surface area (Å²) in [6, 6.07) is 62.7. The van der Waals surface area contributed by atoms with Crippen LogP contribution < -0.4 is 19.3 Å². The van der Waals surface area contributed by atoms with Gasteiger partial charge in [0.25, 0.3) is 0 Å². The van der Waals surface area contributed by atoms with Crippen LogP contribution in [-0.2, 0) is 0 Å². The Bertz CT molecular complexity index is 2010. The first-order valence-corrected chi connectivity index (χ1v) is 17.3. The molecule has 0 atom stereocenters. The number of anilines is 6. The Morgan fingerprint density at radius 1 is 0.327 bits per heavy atom. The molecule has 0 saturated heterocycles. The number of ether oxygens (including phenoxy) is 2. The van der Waals surface area contributed by atoms with Gasteiger partial charge in [-0.3, -0.25) is 0 Å². The van der Waals surface area contributed by atoms with Crippen molar-refractivity contribution in [2.45, 2.75) is 0 Å². The zero-order valence-corrected chi connectivity index (χ0v) is 29.3. The molecule has 0 radical (unpaired) electrons. The lowest BCUT2D eigenvalue weighted by molar-refractivity contribution is 0.414. The van der Waals surface area contributed by atoms with E-state index in [9.17, 15) is 0 Å². The fraction of sp³-hybridized carbons (Fsp3) is 0.0417. The van der Waals surface area contributed by atoms with E-state index in [-0.39, 0.29) is 0 Å². The van der Waals surface area contributed by atoms with Gasteiger partial charge in [-0.15, -0.1) is 0 Å². The van der Waals surface area contributed by atoms with Crippen LogP contribution in [-0.4, -0.2) is 14.2 Å². The number of rotatable bonds is 12. The van der Waals surface area contributed by atoms with Crippen LogP contribution >= 0.6 is 0 Å². The lowest BCUT2D eigenvalue weighted by atomic mass is 10.1. The summed E-state index contributed by atoms with van der Waals surface area (Å²) in [5, 5.41) is 0. The number of methoxy groups -OCH3 is 2. The summed E-state index contributed by atoms with van der Waals surface area (Å²) >= 11 is 0. The lowest BCUT2D eigenvalue weighted by Crippen LogP contribution is -2.10. The minimum atomic E-state index is 0.806. The van der Waals surface area contributed by atoms with Crippen molar-refractivity contribution in [1.29, 1.82) is 0 Å². The quantitative estimate of drug-likeness (QED) is 0.120. The molecule has 7 aromatic carbocycles. The van der Waals surface area contributed by atoms with Crippen molar-refractivity contribution in [2.75, 3.05) is 24.0 Å². The average Bonchev–Trinajstić information content (AvgIpc) is 3.22. The van der Waals surface area contributed by atoms with E-state index < -0.39 is 0 Å². The van der Waals surface area contributed by atoms with Gasteiger partial charge in [0.2, 0.25) is 0 Å². The molecule has 0 spiro atoms. The first-order chi connectivity index (χ1) is 25.7. The summed E-state index contributed by atoms with van der Waals surface area (Å²) in [7, 11) is 3.44. The van der Waals surface area contributed by atoms with Crippen molar-refractivity contribution in [3.63, 3.8) is 0 Å². The van der Waals surface area contributed by atoms with Crippen LogP contribution in [0.15, 0.2) is 182 Å². The molecule has 0 aliphatic carbocycles. The van der Waals surface area contributed by atoms with E-state index in [0.717, 1.165) is 67.9 Å². The maximum absolute atomic E-state index is 5.87. The predicted octanol–water partition coefficient (Wildman–Crippen LogP) is 13.0. The third-order valence-electron chi connectivity index (χ3n) is 8.86. The smallest absolute Gasteiger partial charge is 0.128 e. The first-order valence-electron chi connectivity index (χ1n) is 17.3. The maximum Gasteiger partial charge on any atom is 0.128 e. The van der Waals surface area contributed by atoms with Gasteiger partial charge in [0.15, 0.2) is 0 Å². The highest BCUT2D eigenvalue weighted by Crippen LogP contribution is 2.39. The molecule has 52 heavy (non-hydrogen) atoms. The summed E-state index contributed by atoms with van der Waals surface area (Å²) in [5.74, 6) is 1.61. The van der Waals surface area contributed by atoms with Crippen molar-refractivity contribution in [2.24, 2.45) is 0 Å². The molecule has 7 aromatic rings. The minimum Gasteiger partial charge on any atom is -0.496 e. The van der Waals surface area contributed by atoms with E-state index in [2.05, 4.69) is 192 Å². The third kappa shape index (κ3) is 7.83. The molecule has 0 unspecified atom stereocenters. The van der Waals surface area contributed by atoms with Crippen LogP contribution in [0.5, 0.6) is 11.5 Å². The molecule has 0 heterocycles. The molecule has 7 rings (SSSR count). The fourth-order valence-electron chi connectivity index (χ4n) is 6.25. The van der Waals surface area contributed by atoms with Crippen LogP contribution in [0.1, 0.15) is 22.3 Å². The molecule has 0 saturated carbocycles. The van der Waals surface area contributed by atoms with E-state index in [0.29, 0.717) is 0 Å². The van der Waals surface area contributed by atoms with Gasteiger partial charge in [-0.05, 0) is 83.9 Å². The highest BCUT2D eigenvalue weighted by molar-refractivity contribution is 5.82. The molecule has 0 bridgehead atoms. The van der Waals surface area contributed by atoms with E-state index >= 15 is 0 Å². The van der Waals surface area contributed by atoms with Gasteiger partial charge < -0.3 is 19.3 Å². The van der Waals surface area contributed by atoms with Gasteiger partial charge >= 0.3 is 0 Å². The predicted molar refractivity (Wildman–Crippen MR) is 220 cm³/mol. The van der Waals surface area contributed by atoms with Gasteiger partial charge in [0.1, 0.15) is 11.5 Å². The Morgan fingerprint density at radius 2 is 0.635 bits per heavy atom. The molecule has 0 aliphatic rings. The van der Waals surface area contributed by atoms with Crippen molar-refractivity contribution >= 4 is 58.4 Å². The molecule has 254 valence electrons. The Labute approximate surface area is 306 Å². The van der Waals surface area contributed by atoms with Crippen LogP contribution in [0, 0.1) is 0 Å². The third-order valence-corrected chi connectivity index (χ3v) is 8.86. The summed E-state index contributed by atoms with van der Waals surface area (Å²) in [6.07, 6.45) is 8.43. The van der Waals surface area contributed by atoms with Gasteiger partial charge in [0.05, 0.1) is 14.2 Å². The lowest BCUT2D eigenvalue weighted by Gasteiger charge is -2.26. The summed E-state index contributed by atoms with van der Waals surface area (Å²) < 4.78 is 11.7. The van der Waals surface area contributed by atoms with Crippen molar-refractivity contribution in [3.8, 4) is 11.5 Å². The van der Waals surface area contributed by atoms with Gasteiger partial charge in [-0.25, -0.2) is 0 Å². The summed E-state index contributed by atoms with van der Waals surface area (Å²) in [5.41, 5.74) is 10.6. The molecule has 0 N–H and O–H groups in total. The zero-order chi connectivity index (χ0) is 35.5. The molecule has 0 aliphatic heterocycles. The highest BCUT2D eigenvalue weighted by atomic mass is 16.5. The van der Waals surface area contributed by atoms with Crippen LogP contribution in [0.2, 0.25) is 0 Å². The van der Waals surface area contributed by atoms with E-state index in [1.54, 1.807) is 14.2 Å². The Kier molecular flexibility index (Phi) is 10.6. The second kappa shape index (κ2) is 16.3. The fourth-order valence-corrected chi connectivity index (χ4v) is 6.25. The van der Waals surface area contributed by atoms with Crippen molar-refractivity contribution < 1.29 is 9.47 Å². The average molecular weight is 677 g/mol. The van der Waals surface area contributed by atoms with Crippen LogP contribution in [0.25, 0.3) is 24.3 Å². The number of para-hydroxylation sites is 4. The SMILES string of the molecule is COc1cc(N(c2ccccc2)c2ccccc2)ccc1C=Cc1ccc(C=Cc2ccc(N(c3ccccc3)c3ccccc3)cc2OC)cc1. The molecule has 0 fully saturated rings. The number of hydrogen-bond donors (Lipinski definition) is 0. The summed E-state index contributed by atoms with van der Waals surface area (Å²) in [6.45, 7) is 0. The molecule has 0 amide bonds. The second-order valence-corrected chi connectivity index (χ2v) is 12.2. The van der Waals surface area contributed by atoms with E-state index in [1.807, 2.05) is 24.3 Å². The number of hydrogen-bond acceptors (Lipinski definition) is 4. The minimum absolute atomic E-state index is 0.806. The molecular weight excluding hydrogens is 637 g/mol. The first kappa shape index (κ1) is 33.7. The normalized spacial score (nSPS) is 11.1. The van der Waals surface area contributed by atoms with Crippen LogP contribution in [0.4, 0.5) is 34.1 Å². The van der Waals surface area contributed by atoms with E-state index in [4.69, 9.17) is 9.47 Å². The van der Waals surface area contributed by atoms with Gasteiger partial charge in [-0.1, -0.05) is 121 Å². The maximum atomic E-state index is 5.87. The number of benzene rings is 7. The second-order valence-electron chi connectivity index (χ2n) is 12.2. The molecular formula is C48H40N2O2. The van der Waals surface area contributed by atoms with E-state index in [1.165, 1.54) is 0 Å². The topological polar surface area (TPSA) is 24.9 Å². The Balaban J connectivity index is 1.08. The standard InChI is InChI=1S/C48H40N2O2/c1-51-47-35-45(49(41-15-7-3-8-16-41)42-17-9-4-10-18-42)33-31-39(47)29-27-37-23-25-38(26-24-37)28-30-40-32-34-46(36-48(40)52-2)50(43-19-11-5-12-20-43)44-21-13-6-14-22-44/h3-36H,1-2H3. The Hall–Kier alpha value is -6.78. The zero-order valence-electron chi connectivity index (χ0n) is 29.3. The Morgan fingerprint density at radius 3 is 0.923 bits per heavy atom. The monoisotopic (exact) mass is 676 g/mol. The largest absolute Gasteiger partial charge is 0.496 e. The van der Waals surface area contributed by atoms with Crippen molar-refractivity contribution in [3.05, 3.63) is 204 Å². The number of nitrogens with zero attached hydrogens (tertiary/aromatic N) is 2. The van der Waals surface area contributed by atoms with Gasteiger partial charge in [0, 0.05) is 57.4 Å². The van der Waals surface area contributed by atoms with Gasteiger partial charge in [-0.2, -0.15) is 0 Å².